The van der Waals surface area contributed by atoms with E-state index in [0.29, 0.717) is 18.6 Å². The highest BCUT2D eigenvalue weighted by Crippen LogP contribution is 2.29. The number of Topliss-reactive ketones (excluding diaryl/α,β-unsaturated/α-hetero) is 1. The second kappa shape index (κ2) is 6.06. The van der Waals surface area contributed by atoms with E-state index < -0.39 is 0 Å². The summed E-state index contributed by atoms with van der Waals surface area (Å²) in [5.74, 6) is 0.334. The van der Waals surface area contributed by atoms with Crippen LogP contribution in [0, 0.1) is 0 Å². The van der Waals surface area contributed by atoms with E-state index in [4.69, 9.17) is 5.73 Å². The molecule has 0 saturated heterocycles. The van der Waals surface area contributed by atoms with Crippen LogP contribution in [0.25, 0.3) is 0 Å². The predicted molar refractivity (Wildman–Crippen MR) is 63.7 cm³/mol. The molecule has 1 aliphatic carbocycles. The summed E-state index contributed by atoms with van der Waals surface area (Å²) in [5.41, 5.74) is 6.05. The van der Waals surface area contributed by atoms with Gasteiger partial charge >= 0.3 is 0 Å². The lowest BCUT2D eigenvalue weighted by atomic mass is 9.78. The SMILES string of the molecule is C=CCCCC(=O)CC1(N)CCCCC1. The Kier molecular flexibility index (Phi) is 5.03. The maximum Gasteiger partial charge on any atom is 0.134 e. The first-order valence-corrected chi connectivity index (χ1v) is 6.08. The Labute approximate surface area is 92.9 Å². The van der Waals surface area contributed by atoms with Crippen LogP contribution >= 0.6 is 0 Å². The molecule has 1 saturated carbocycles. The van der Waals surface area contributed by atoms with E-state index in [-0.39, 0.29) is 5.54 Å². The van der Waals surface area contributed by atoms with E-state index in [9.17, 15) is 4.79 Å². The molecule has 0 bridgehead atoms. The zero-order valence-electron chi connectivity index (χ0n) is 9.63. The molecule has 0 aromatic carbocycles. The van der Waals surface area contributed by atoms with Gasteiger partial charge in [0.05, 0.1) is 0 Å². The first kappa shape index (κ1) is 12.4. The summed E-state index contributed by atoms with van der Waals surface area (Å²) >= 11 is 0. The highest BCUT2D eigenvalue weighted by atomic mass is 16.1. The number of allylic oxidation sites excluding steroid dienone is 1. The van der Waals surface area contributed by atoms with E-state index in [0.717, 1.165) is 25.7 Å². The lowest BCUT2D eigenvalue weighted by Gasteiger charge is -2.32. The highest BCUT2D eigenvalue weighted by Gasteiger charge is 2.29. The van der Waals surface area contributed by atoms with Gasteiger partial charge in [0.25, 0.3) is 0 Å². The fourth-order valence-corrected chi connectivity index (χ4v) is 2.36. The van der Waals surface area contributed by atoms with Crippen LogP contribution in [0.2, 0.25) is 0 Å². The smallest absolute Gasteiger partial charge is 0.134 e. The number of hydrogen-bond acceptors (Lipinski definition) is 2. The topological polar surface area (TPSA) is 43.1 Å². The van der Waals surface area contributed by atoms with Gasteiger partial charge in [0.2, 0.25) is 0 Å². The van der Waals surface area contributed by atoms with Crippen LogP contribution in [0.4, 0.5) is 0 Å². The summed E-state index contributed by atoms with van der Waals surface area (Å²) in [5, 5.41) is 0. The molecule has 0 heterocycles. The minimum atomic E-state index is -0.177. The molecule has 15 heavy (non-hydrogen) atoms. The van der Waals surface area contributed by atoms with Gasteiger partial charge in [-0.3, -0.25) is 4.79 Å². The summed E-state index contributed by atoms with van der Waals surface area (Å²) in [4.78, 5) is 11.7. The molecule has 0 atom stereocenters. The third-order valence-corrected chi connectivity index (χ3v) is 3.26. The lowest BCUT2D eigenvalue weighted by molar-refractivity contribution is -0.120. The monoisotopic (exact) mass is 209 g/mol. The summed E-state index contributed by atoms with van der Waals surface area (Å²) in [6.45, 7) is 3.65. The van der Waals surface area contributed by atoms with Crippen molar-refractivity contribution < 1.29 is 4.79 Å². The van der Waals surface area contributed by atoms with Crippen molar-refractivity contribution >= 4 is 5.78 Å². The van der Waals surface area contributed by atoms with Gasteiger partial charge in [-0.15, -0.1) is 6.58 Å². The molecule has 0 unspecified atom stereocenters. The van der Waals surface area contributed by atoms with Gasteiger partial charge in [-0.05, 0) is 25.7 Å². The highest BCUT2D eigenvalue weighted by molar-refractivity contribution is 5.79. The molecular formula is C13H23NO. The number of carbonyl (C=O) groups is 1. The maximum absolute atomic E-state index is 11.7. The van der Waals surface area contributed by atoms with E-state index in [2.05, 4.69) is 6.58 Å². The van der Waals surface area contributed by atoms with Crippen molar-refractivity contribution in [1.29, 1.82) is 0 Å². The van der Waals surface area contributed by atoms with E-state index in [1.807, 2.05) is 6.08 Å². The van der Waals surface area contributed by atoms with Crippen LogP contribution < -0.4 is 5.73 Å². The van der Waals surface area contributed by atoms with Crippen LogP contribution in [0.15, 0.2) is 12.7 Å². The zero-order valence-corrected chi connectivity index (χ0v) is 9.63. The first-order chi connectivity index (χ1) is 7.16. The molecule has 2 heteroatoms. The second-order valence-corrected chi connectivity index (χ2v) is 4.82. The Morgan fingerprint density at radius 1 is 1.33 bits per heavy atom. The molecular weight excluding hydrogens is 186 g/mol. The van der Waals surface area contributed by atoms with Gasteiger partial charge < -0.3 is 5.73 Å². The van der Waals surface area contributed by atoms with Gasteiger partial charge in [0.15, 0.2) is 0 Å². The number of ketones is 1. The third kappa shape index (κ3) is 4.61. The molecule has 1 fully saturated rings. The molecule has 0 spiro atoms. The second-order valence-electron chi connectivity index (χ2n) is 4.82. The third-order valence-electron chi connectivity index (χ3n) is 3.26. The van der Waals surface area contributed by atoms with E-state index >= 15 is 0 Å². The van der Waals surface area contributed by atoms with Gasteiger partial charge in [-0.1, -0.05) is 25.3 Å². The minimum Gasteiger partial charge on any atom is -0.325 e. The van der Waals surface area contributed by atoms with Gasteiger partial charge in [-0.25, -0.2) is 0 Å². The average molecular weight is 209 g/mol. The van der Waals surface area contributed by atoms with Crippen LogP contribution in [0.3, 0.4) is 0 Å². The van der Waals surface area contributed by atoms with Crippen molar-refractivity contribution in [3.8, 4) is 0 Å². The number of hydrogen-bond donors (Lipinski definition) is 1. The summed E-state index contributed by atoms with van der Waals surface area (Å²) in [7, 11) is 0. The van der Waals surface area contributed by atoms with E-state index in [1.165, 1.54) is 19.3 Å². The average Bonchev–Trinajstić information content (AvgIpc) is 2.18. The quantitative estimate of drug-likeness (QED) is 0.540. The molecule has 2 N–H and O–H groups in total. The maximum atomic E-state index is 11.7. The van der Waals surface area contributed by atoms with Crippen molar-refractivity contribution in [2.75, 3.05) is 0 Å². The fraction of sp³-hybridized carbons (Fsp3) is 0.769. The predicted octanol–water partition coefficient (Wildman–Crippen LogP) is 2.96. The Morgan fingerprint density at radius 3 is 2.60 bits per heavy atom. The molecule has 2 nitrogen and oxygen atoms in total. The Bertz CT molecular complexity index is 217. The number of carbonyl (C=O) groups excluding carboxylic acids is 1. The standard InChI is InChI=1S/C13H23NO/c1-2-3-5-8-12(15)11-13(14)9-6-4-7-10-13/h2H,1,3-11,14H2. The Balaban J connectivity index is 2.26. The van der Waals surface area contributed by atoms with Gasteiger partial charge in [0.1, 0.15) is 5.78 Å². The van der Waals surface area contributed by atoms with Crippen LogP contribution in [-0.2, 0) is 4.79 Å². The van der Waals surface area contributed by atoms with Crippen LogP contribution in [0.5, 0.6) is 0 Å². The molecule has 86 valence electrons. The molecule has 0 aromatic heterocycles. The van der Waals surface area contributed by atoms with Gasteiger partial charge in [0, 0.05) is 18.4 Å². The van der Waals surface area contributed by atoms with Crippen molar-refractivity contribution in [3.63, 3.8) is 0 Å². The molecule has 1 aliphatic rings. The van der Waals surface area contributed by atoms with Crippen molar-refractivity contribution in [3.05, 3.63) is 12.7 Å². The number of unbranched alkanes of at least 4 members (excludes halogenated alkanes) is 1. The first-order valence-electron chi connectivity index (χ1n) is 6.08. The normalized spacial score (nSPS) is 19.8. The summed E-state index contributed by atoms with van der Waals surface area (Å²) < 4.78 is 0. The largest absolute Gasteiger partial charge is 0.325 e. The molecule has 0 aromatic rings. The molecule has 0 amide bonds. The summed E-state index contributed by atoms with van der Waals surface area (Å²) in [6, 6.07) is 0. The Hall–Kier alpha value is -0.630. The summed E-state index contributed by atoms with van der Waals surface area (Å²) in [6.07, 6.45) is 10.7. The van der Waals surface area contributed by atoms with Gasteiger partial charge in [-0.2, -0.15) is 0 Å². The number of rotatable bonds is 6. The van der Waals surface area contributed by atoms with Crippen molar-refractivity contribution in [2.24, 2.45) is 5.73 Å². The number of nitrogens with two attached hydrogens (primary N) is 1. The van der Waals surface area contributed by atoms with E-state index in [1.54, 1.807) is 0 Å². The Morgan fingerprint density at radius 2 is 2.00 bits per heavy atom. The lowest BCUT2D eigenvalue weighted by Crippen LogP contribution is -2.43. The van der Waals surface area contributed by atoms with Crippen LogP contribution in [0.1, 0.15) is 57.8 Å². The van der Waals surface area contributed by atoms with Crippen molar-refractivity contribution in [2.45, 2.75) is 63.3 Å². The molecule has 0 radical (unpaired) electrons. The fourth-order valence-electron chi connectivity index (χ4n) is 2.36. The zero-order chi connectivity index (χ0) is 11.1. The minimum absolute atomic E-state index is 0.177. The van der Waals surface area contributed by atoms with Crippen LogP contribution in [-0.4, -0.2) is 11.3 Å². The van der Waals surface area contributed by atoms with Crippen molar-refractivity contribution in [1.82, 2.24) is 0 Å². The molecule has 0 aliphatic heterocycles. The molecule has 1 rings (SSSR count).